The second-order valence-corrected chi connectivity index (χ2v) is 5.70. The lowest BCUT2D eigenvalue weighted by molar-refractivity contribution is 0.178. The van der Waals surface area contributed by atoms with Gasteiger partial charge in [-0.1, -0.05) is 29.3 Å². The van der Waals surface area contributed by atoms with Gasteiger partial charge < -0.3 is 10.1 Å². The first-order valence-corrected chi connectivity index (χ1v) is 7.33. The van der Waals surface area contributed by atoms with Crippen molar-refractivity contribution >= 4 is 15.9 Å². The van der Waals surface area contributed by atoms with Crippen molar-refractivity contribution in [2.75, 3.05) is 6.54 Å². The number of rotatable bonds is 7. The quantitative estimate of drug-likeness (QED) is 0.824. The maximum atomic E-state index is 13.6. The summed E-state index contributed by atoms with van der Waals surface area (Å²) < 4.78 is 20.2. The van der Waals surface area contributed by atoms with E-state index in [1.54, 1.807) is 12.1 Å². The van der Waals surface area contributed by atoms with E-state index in [9.17, 15) is 4.39 Å². The Kier molecular flexibility index (Phi) is 5.01. The fourth-order valence-electron chi connectivity index (χ4n) is 1.86. The minimum Gasteiger partial charge on any atom is -0.486 e. The second-order valence-electron chi connectivity index (χ2n) is 4.79. The third kappa shape index (κ3) is 4.25. The molecule has 100 valence electrons. The highest BCUT2D eigenvalue weighted by atomic mass is 79.9. The van der Waals surface area contributed by atoms with E-state index in [1.165, 1.54) is 18.9 Å². The third-order valence-corrected chi connectivity index (χ3v) is 3.50. The van der Waals surface area contributed by atoms with E-state index in [0.29, 0.717) is 11.8 Å². The molecule has 1 atom stereocenters. The Morgan fingerprint density at radius 1 is 1.50 bits per heavy atom. The smallest absolute Gasteiger partial charge is 0.165 e. The van der Waals surface area contributed by atoms with Crippen LogP contribution in [0, 0.1) is 5.82 Å². The summed E-state index contributed by atoms with van der Waals surface area (Å²) in [4.78, 5) is 0. The summed E-state index contributed by atoms with van der Waals surface area (Å²) in [6.45, 7) is 2.91. The Balaban J connectivity index is 1.94. The molecule has 0 radical (unpaired) electrons. The van der Waals surface area contributed by atoms with Crippen molar-refractivity contribution in [3.63, 3.8) is 0 Å². The van der Waals surface area contributed by atoms with Crippen molar-refractivity contribution in [3.05, 3.63) is 28.5 Å². The molecule has 1 aliphatic carbocycles. The van der Waals surface area contributed by atoms with Crippen molar-refractivity contribution in [3.8, 4) is 5.75 Å². The van der Waals surface area contributed by atoms with Crippen molar-refractivity contribution in [1.29, 1.82) is 0 Å². The third-order valence-electron chi connectivity index (χ3n) is 3.01. The van der Waals surface area contributed by atoms with Crippen molar-refractivity contribution < 1.29 is 9.13 Å². The summed E-state index contributed by atoms with van der Waals surface area (Å²) in [6.07, 6.45) is 4.52. The van der Waals surface area contributed by atoms with Gasteiger partial charge in [-0.25, -0.2) is 4.39 Å². The highest BCUT2D eigenvalue weighted by molar-refractivity contribution is 9.10. The largest absolute Gasteiger partial charge is 0.486 e. The summed E-state index contributed by atoms with van der Waals surface area (Å²) in [5.74, 6) is 0.0335. The molecule has 0 amide bonds. The average molecular weight is 316 g/mol. The van der Waals surface area contributed by atoms with Crippen molar-refractivity contribution in [1.82, 2.24) is 5.32 Å². The van der Waals surface area contributed by atoms with Gasteiger partial charge in [0.1, 0.15) is 6.10 Å². The van der Waals surface area contributed by atoms with E-state index in [4.69, 9.17) is 4.74 Å². The standard InChI is InChI=1S/C14H19BrFNO/c1-2-3-12(9-17-11-5-6-11)18-14-8-10(15)4-7-13(14)16/h4,7-8,11-12,17H,2-3,5-6,9H2,1H3. The van der Waals surface area contributed by atoms with E-state index in [1.807, 2.05) is 0 Å². The van der Waals surface area contributed by atoms with Gasteiger partial charge >= 0.3 is 0 Å². The first kappa shape index (κ1) is 13.8. The molecule has 1 fully saturated rings. The lowest BCUT2D eigenvalue weighted by Crippen LogP contribution is -2.32. The van der Waals surface area contributed by atoms with Gasteiger partial charge in [0.25, 0.3) is 0 Å². The minimum atomic E-state index is -0.300. The first-order valence-electron chi connectivity index (χ1n) is 6.54. The van der Waals surface area contributed by atoms with Crippen LogP contribution in [0.1, 0.15) is 32.6 Å². The van der Waals surface area contributed by atoms with Gasteiger partial charge in [0.05, 0.1) is 0 Å². The highest BCUT2D eigenvalue weighted by Crippen LogP contribution is 2.24. The predicted molar refractivity (Wildman–Crippen MR) is 74.4 cm³/mol. The van der Waals surface area contributed by atoms with Crippen LogP contribution in [0.5, 0.6) is 5.75 Å². The number of hydrogen-bond acceptors (Lipinski definition) is 2. The van der Waals surface area contributed by atoms with Crippen LogP contribution >= 0.6 is 15.9 Å². The van der Waals surface area contributed by atoms with Crippen LogP contribution in [0.15, 0.2) is 22.7 Å². The molecule has 1 aromatic carbocycles. The number of halogens is 2. The highest BCUT2D eigenvalue weighted by Gasteiger charge is 2.22. The molecule has 2 nitrogen and oxygen atoms in total. The monoisotopic (exact) mass is 315 g/mol. The molecule has 0 bridgehead atoms. The molecule has 0 aromatic heterocycles. The maximum absolute atomic E-state index is 13.6. The van der Waals surface area contributed by atoms with E-state index in [-0.39, 0.29) is 11.9 Å². The average Bonchev–Trinajstić information content (AvgIpc) is 3.15. The molecule has 1 saturated carbocycles. The normalized spacial score (nSPS) is 16.6. The number of ether oxygens (including phenoxy) is 1. The summed E-state index contributed by atoms with van der Waals surface area (Å²) >= 11 is 3.34. The van der Waals surface area contributed by atoms with Gasteiger partial charge in [0.2, 0.25) is 0 Å². The molecule has 0 spiro atoms. The van der Waals surface area contributed by atoms with E-state index < -0.39 is 0 Å². The molecule has 1 aromatic rings. The number of benzene rings is 1. The maximum Gasteiger partial charge on any atom is 0.165 e. The van der Waals surface area contributed by atoms with Crippen LogP contribution in [0.3, 0.4) is 0 Å². The van der Waals surface area contributed by atoms with E-state index in [0.717, 1.165) is 23.9 Å². The lowest BCUT2D eigenvalue weighted by Gasteiger charge is -2.19. The lowest BCUT2D eigenvalue weighted by atomic mass is 10.2. The Bertz CT molecular complexity index is 395. The van der Waals surface area contributed by atoms with Crippen molar-refractivity contribution in [2.45, 2.75) is 44.8 Å². The predicted octanol–water partition coefficient (Wildman–Crippen LogP) is 3.89. The molecule has 1 aliphatic rings. The van der Waals surface area contributed by atoms with Crippen LogP contribution < -0.4 is 10.1 Å². The number of nitrogens with one attached hydrogen (secondary N) is 1. The topological polar surface area (TPSA) is 21.3 Å². The van der Waals surface area contributed by atoms with Gasteiger partial charge in [-0.05, 0) is 37.5 Å². The fraction of sp³-hybridized carbons (Fsp3) is 0.571. The van der Waals surface area contributed by atoms with Gasteiger partial charge in [0, 0.05) is 17.1 Å². The summed E-state index contributed by atoms with van der Waals surface area (Å²) in [5, 5.41) is 3.44. The van der Waals surface area contributed by atoms with Crippen LogP contribution in [-0.2, 0) is 0 Å². The molecular weight excluding hydrogens is 297 g/mol. The molecule has 2 rings (SSSR count). The van der Waals surface area contributed by atoms with E-state index in [2.05, 4.69) is 28.2 Å². The minimum absolute atomic E-state index is 0.0411. The van der Waals surface area contributed by atoms with Crippen LogP contribution in [0.2, 0.25) is 0 Å². The van der Waals surface area contributed by atoms with Crippen LogP contribution in [0.25, 0.3) is 0 Å². The zero-order valence-electron chi connectivity index (χ0n) is 10.6. The molecule has 0 heterocycles. The molecule has 0 saturated heterocycles. The van der Waals surface area contributed by atoms with E-state index >= 15 is 0 Å². The molecule has 4 heteroatoms. The summed E-state index contributed by atoms with van der Waals surface area (Å²) in [7, 11) is 0. The SMILES string of the molecule is CCCC(CNC1CC1)Oc1cc(Br)ccc1F. The molecule has 1 N–H and O–H groups in total. The fourth-order valence-corrected chi connectivity index (χ4v) is 2.20. The summed E-state index contributed by atoms with van der Waals surface area (Å²) in [6, 6.07) is 5.45. The molecule has 1 unspecified atom stereocenters. The second kappa shape index (κ2) is 6.53. The Morgan fingerprint density at radius 3 is 2.94 bits per heavy atom. The van der Waals surface area contributed by atoms with Crippen LogP contribution in [0.4, 0.5) is 4.39 Å². The molecule has 18 heavy (non-hydrogen) atoms. The zero-order valence-corrected chi connectivity index (χ0v) is 12.2. The Labute approximate surface area is 116 Å². The summed E-state index contributed by atoms with van der Waals surface area (Å²) in [5.41, 5.74) is 0. The van der Waals surface area contributed by atoms with Gasteiger partial charge in [-0.2, -0.15) is 0 Å². The van der Waals surface area contributed by atoms with Crippen LogP contribution in [-0.4, -0.2) is 18.7 Å². The van der Waals surface area contributed by atoms with Crippen molar-refractivity contribution in [2.24, 2.45) is 0 Å². The molecule has 0 aliphatic heterocycles. The Hall–Kier alpha value is -0.610. The Morgan fingerprint density at radius 2 is 2.28 bits per heavy atom. The zero-order chi connectivity index (χ0) is 13.0. The molecular formula is C14H19BrFNO. The van der Waals surface area contributed by atoms with Gasteiger partial charge in [-0.3, -0.25) is 0 Å². The van der Waals surface area contributed by atoms with Gasteiger partial charge in [0.15, 0.2) is 11.6 Å². The first-order chi connectivity index (χ1) is 8.69. The van der Waals surface area contributed by atoms with Gasteiger partial charge in [-0.15, -0.1) is 0 Å². The number of hydrogen-bond donors (Lipinski definition) is 1.